The molecule has 27 heavy (non-hydrogen) atoms. The highest BCUT2D eigenvalue weighted by molar-refractivity contribution is 6.05. The Morgan fingerprint density at radius 2 is 1.96 bits per heavy atom. The van der Waals surface area contributed by atoms with Gasteiger partial charge in [0.15, 0.2) is 17.3 Å². The number of ether oxygens (including phenoxy) is 1. The molecule has 0 aliphatic heterocycles. The fourth-order valence-electron chi connectivity index (χ4n) is 3.38. The molecule has 7 heteroatoms. The number of rotatable bonds is 4. The van der Waals surface area contributed by atoms with Crippen LogP contribution in [0.5, 0.6) is 5.75 Å². The molecule has 0 atom stereocenters. The van der Waals surface area contributed by atoms with E-state index < -0.39 is 11.6 Å². The van der Waals surface area contributed by atoms with Gasteiger partial charge in [-0.3, -0.25) is 4.79 Å². The van der Waals surface area contributed by atoms with Crippen molar-refractivity contribution in [2.24, 2.45) is 0 Å². The minimum absolute atomic E-state index is 0.290. The lowest BCUT2D eigenvalue weighted by molar-refractivity contribution is 0.102. The molecule has 0 spiro atoms. The molecular weight excluding hydrogens is 352 g/mol. The minimum atomic E-state index is -0.949. The van der Waals surface area contributed by atoms with Crippen LogP contribution in [-0.2, 0) is 12.8 Å². The molecule has 5 nitrogen and oxygen atoms in total. The summed E-state index contributed by atoms with van der Waals surface area (Å²) in [5, 5.41) is 7.22. The third-order valence-corrected chi connectivity index (χ3v) is 4.65. The Hall–Kier alpha value is -3.22. The fourth-order valence-corrected chi connectivity index (χ4v) is 3.38. The number of nitrogens with zero attached hydrogens (tertiary/aromatic N) is 2. The van der Waals surface area contributed by atoms with E-state index >= 15 is 0 Å². The molecule has 0 fully saturated rings. The van der Waals surface area contributed by atoms with Crippen LogP contribution in [0.25, 0.3) is 5.69 Å². The van der Waals surface area contributed by atoms with Crippen molar-refractivity contribution in [2.45, 2.75) is 19.3 Å². The van der Waals surface area contributed by atoms with Gasteiger partial charge in [-0.05, 0) is 43.5 Å². The molecule has 138 valence electrons. The highest BCUT2D eigenvalue weighted by Gasteiger charge is 2.27. The average molecular weight is 369 g/mol. The van der Waals surface area contributed by atoms with E-state index in [1.807, 2.05) is 6.07 Å². The number of anilines is 1. The Morgan fingerprint density at radius 1 is 1.15 bits per heavy atom. The third-order valence-electron chi connectivity index (χ3n) is 4.65. The number of carbonyl (C=O) groups excluding carboxylic acids is 1. The first kappa shape index (κ1) is 17.2. The zero-order valence-corrected chi connectivity index (χ0v) is 14.6. The molecular formula is C20H17F2N3O2. The van der Waals surface area contributed by atoms with Crippen molar-refractivity contribution in [3.63, 3.8) is 0 Å². The van der Waals surface area contributed by atoms with Crippen molar-refractivity contribution in [1.82, 2.24) is 9.78 Å². The van der Waals surface area contributed by atoms with Crippen LogP contribution in [0.1, 0.15) is 28.2 Å². The number of amides is 1. The van der Waals surface area contributed by atoms with E-state index in [0.717, 1.165) is 36.2 Å². The van der Waals surface area contributed by atoms with E-state index in [-0.39, 0.29) is 11.6 Å². The first-order valence-corrected chi connectivity index (χ1v) is 8.59. The predicted molar refractivity (Wildman–Crippen MR) is 96.5 cm³/mol. The zero-order valence-electron chi connectivity index (χ0n) is 14.6. The summed E-state index contributed by atoms with van der Waals surface area (Å²) in [6, 6.07) is 10.7. The van der Waals surface area contributed by atoms with Crippen molar-refractivity contribution in [3.8, 4) is 11.4 Å². The van der Waals surface area contributed by atoms with Crippen molar-refractivity contribution in [2.75, 3.05) is 12.4 Å². The van der Waals surface area contributed by atoms with Gasteiger partial charge in [0.1, 0.15) is 5.75 Å². The van der Waals surface area contributed by atoms with Crippen molar-refractivity contribution >= 4 is 11.6 Å². The highest BCUT2D eigenvalue weighted by atomic mass is 19.2. The number of benzene rings is 2. The highest BCUT2D eigenvalue weighted by Crippen LogP contribution is 2.30. The summed E-state index contributed by atoms with van der Waals surface area (Å²) in [5.74, 6) is -1.69. The summed E-state index contributed by atoms with van der Waals surface area (Å²) >= 11 is 0. The van der Waals surface area contributed by atoms with Gasteiger partial charge in [0.25, 0.3) is 5.91 Å². The second-order valence-electron chi connectivity index (χ2n) is 6.29. The minimum Gasteiger partial charge on any atom is -0.495 e. The second kappa shape index (κ2) is 6.83. The molecule has 0 unspecified atom stereocenters. The first-order chi connectivity index (χ1) is 13.1. The summed E-state index contributed by atoms with van der Waals surface area (Å²) in [5.41, 5.74) is 2.92. The summed E-state index contributed by atoms with van der Waals surface area (Å²) in [6.07, 6.45) is 2.32. The van der Waals surface area contributed by atoms with E-state index in [0.29, 0.717) is 23.5 Å². The molecule has 0 saturated carbocycles. The van der Waals surface area contributed by atoms with Crippen LogP contribution in [-0.4, -0.2) is 22.8 Å². The van der Waals surface area contributed by atoms with Crippen LogP contribution >= 0.6 is 0 Å². The van der Waals surface area contributed by atoms with Crippen LogP contribution in [0.4, 0.5) is 14.5 Å². The van der Waals surface area contributed by atoms with Crippen LogP contribution in [0.15, 0.2) is 42.5 Å². The molecule has 2 aromatic carbocycles. The lowest BCUT2D eigenvalue weighted by atomic mass is 10.2. The number of fused-ring (bicyclic) bond motifs is 1. The molecule has 1 amide bonds. The Bertz CT molecular complexity index is 1030. The third kappa shape index (κ3) is 3.05. The van der Waals surface area contributed by atoms with Gasteiger partial charge in [-0.1, -0.05) is 12.1 Å². The van der Waals surface area contributed by atoms with E-state index in [2.05, 4.69) is 10.4 Å². The smallest absolute Gasteiger partial charge is 0.276 e. The van der Waals surface area contributed by atoms with Crippen molar-refractivity contribution in [1.29, 1.82) is 0 Å². The van der Waals surface area contributed by atoms with Gasteiger partial charge >= 0.3 is 0 Å². The van der Waals surface area contributed by atoms with Gasteiger partial charge in [0, 0.05) is 17.3 Å². The maximum absolute atomic E-state index is 13.6. The zero-order chi connectivity index (χ0) is 19.0. The Labute approximate surface area is 154 Å². The summed E-state index contributed by atoms with van der Waals surface area (Å²) < 4.78 is 33.7. The number of hydrogen-bond acceptors (Lipinski definition) is 3. The van der Waals surface area contributed by atoms with Crippen LogP contribution in [0.3, 0.4) is 0 Å². The number of nitrogens with one attached hydrogen (secondary N) is 1. The summed E-state index contributed by atoms with van der Waals surface area (Å²) in [7, 11) is 1.53. The first-order valence-electron chi connectivity index (χ1n) is 8.59. The standard InChI is InChI=1S/C20H17F2N3O2/c1-27-18-8-3-2-6-16(18)23-20(26)19-13-5-4-7-17(13)25(24-19)12-9-10-14(21)15(22)11-12/h2-3,6,8-11H,4-5,7H2,1H3,(H,23,26). The monoisotopic (exact) mass is 369 g/mol. The van der Waals surface area contributed by atoms with E-state index in [9.17, 15) is 13.6 Å². The molecule has 0 radical (unpaired) electrons. The quantitative estimate of drug-likeness (QED) is 0.759. The molecule has 4 rings (SSSR count). The van der Waals surface area contributed by atoms with Gasteiger partial charge in [0.2, 0.25) is 0 Å². The predicted octanol–water partition coefficient (Wildman–Crippen LogP) is 3.90. The Morgan fingerprint density at radius 3 is 2.74 bits per heavy atom. The average Bonchev–Trinajstić information content (AvgIpc) is 3.27. The van der Waals surface area contributed by atoms with E-state index in [1.165, 1.54) is 17.9 Å². The number of para-hydroxylation sites is 2. The van der Waals surface area contributed by atoms with Gasteiger partial charge in [0.05, 0.1) is 18.5 Å². The van der Waals surface area contributed by atoms with Crippen LogP contribution in [0, 0.1) is 11.6 Å². The largest absolute Gasteiger partial charge is 0.495 e. The van der Waals surface area contributed by atoms with E-state index in [1.54, 1.807) is 18.2 Å². The Kier molecular flexibility index (Phi) is 4.35. The van der Waals surface area contributed by atoms with Gasteiger partial charge in [-0.15, -0.1) is 0 Å². The number of carbonyl (C=O) groups is 1. The molecule has 1 heterocycles. The number of aromatic nitrogens is 2. The van der Waals surface area contributed by atoms with Crippen LogP contribution < -0.4 is 10.1 Å². The van der Waals surface area contributed by atoms with Gasteiger partial charge in [-0.2, -0.15) is 5.10 Å². The molecule has 1 aromatic heterocycles. The van der Waals surface area contributed by atoms with E-state index in [4.69, 9.17) is 4.74 Å². The SMILES string of the molecule is COc1ccccc1NC(=O)c1nn(-c2ccc(F)c(F)c2)c2c1CCC2. The molecule has 0 bridgehead atoms. The molecule has 1 N–H and O–H groups in total. The second-order valence-corrected chi connectivity index (χ2v) is 6.29. The topological polar surface area (TPSA) is 56.1 Å². The molecule has 1 aliphatic rings. The van der Waals surface area contributed by atoms with Crippen molar-refractivity contribution in [3.05, 3.63) is 71.1 Å². The molecule has 0 saturated heterocycles. The lowest BCUT2D eigenvalue weighted by Gasteiger charge is -2.09. The summed E-state index contributed by atoms with van der Waals surface area (Å²) in [6.45, 7) is 0. The number of halogens is 2. The normalized spacial score (nSPS) is 12.7. The summed E-state index contributed by atoms with van der Waals surface area (Å²) in [4.78, 5) is 12.8. The van der Waals surface area contributed by atoms with Gasteiger partial charge < -0.3 is 10.1 Å². The Balaban J connectivity index is 1.72. The van der Waals surface area contributed by atoms with Crippen LogP contribution in [0.2, 0.25) is 0 Å². The lowest BCUT2D eigenvalue weighted by Crippen LogP contribution is -2.15. The maximum Gasteiger partial charge on any atom is 0.276 e. The van der Waals surface area contributed by atoms with Gasteiger partial charge in [-0.25, -0.2) is 13.5 Å². The van der Waals surface area contributed by atoms with Crippen molar-refractivity contribution < 1.29 is 18.3 Å². The number of hydrogen-bond donors (Lipinski definition) is 1. The fraction of sp³-hybridized carbons (Fsp3) is 0.200. The number of methoxy groups -OCH3 is 1. The molecule has 3 aromatic rings. The maximum atomic E-state index is 13.6. The molecule has 1 aliphatic carbocycles.